The highest BCUT2D eigenvalue weighted by atomic mass is 32.2. The number of morpholine rings is 1. The minimum Gasteiger partial charge on any atom is -0.379 e. The van der Waals surface area contributed by atoms with E-state index < -0.39 is 10.2 Å². The van der Waals surface area contributed by atoms with Crippen molar-refractivity contribution in [3.63, 3.8) is 0 Å². The molecule has 6 heteroatoms. The standard InChI is InChI=1S/C9H16N2O3S/c1-3-5-10(4-2)15(12,13)11-6-8-14-9-7-11/h1H,4-9H2,2H3. The summed E-state index contributed by atoms with van der Waals surface area (Å²) in [6, 6.07) is 0. The van der Waals surface area contributed by atoms with Gasteiger partial charge in [-0.25, -0.2) is 0 Å². The first-order chi connectivity index (χ1) is 7.12. The number of nitrogens with zero attached hydrogens (tertiary/aromatic N) is 2. The SMILES string of the molecule is C#CCN(CC)S(=O)(=O)N1CCOCC1. The minimum absolute atomic E-state index is 0.121. The lowest BCUT2D eigenvalue weighted by Gasteiger charge is -2.30. The summed E-state index contributed by atoms with van der Waals surface area (Å²) in [5, 5.41) is 0. The Hall–Kier alpha value is -0.610. The largest absolute Gasteiger partial charge is 0.379 e. The van der Waals surface area contributed by atoms with Crippen LogP contribution in [0.4, 0.5) is 0 Å². The van der Waals surface area contributed by atoms with E-state index in [0.29, 0.717) is 32.8 Å². The van der Waals surface area contributed by atoms with Gasteiger partial charge >= 0.3 is 0 Å². The van der Waals surface area contributed by atoms with Gasteiger partial charge in [0, 0.05) is 19.6 Å². The molecular formula is C9H16N2O3S. The third-order valence-corrected chi connectivity index (χ3v) is 4.30. The third-order valence-electron chi connectivity index (χ3n) is 2.24. The molecule has 0 saturated carbocycles. The molecule has 0 aromatic heterocycles. The molecule has 0 aromatic rings. The summed E-state index contributed by atoms with van der Waals surface area (Å²) in [4.78, 5) is 0. The molecule has 0 radical (unpaired) electrons. The Balaban J connectivity index is 2.75. The fourth-order valence-electron chi connectivity index (χ4n) is 1.40. The molecule has 86 valence electrons. The number of terminal acetylenes is 1. The van der Waals surface area contributed by atoms with Crippen LogP contribution in [0, 0.1) is 12.3 Å². The highest BCUT2D eigenvalue weighted by Gasteiger charge is 2.29. The first-order valence-electron chi connectivity index (χ1n) is 4.89. The molecule has 0 N–H and O–H groups in total. The molecule has 5 nitrogen and oxygen atoms in total. The van der Waals surface area contributed by atoms with Gasteiger partial charge in [-0.1, -0.05) is 12.8 Å². The van der Waals surface area contributed by atoms with Crippen LogP contribution in [0.2, 0.25) is 0 Å². The van der Waals surface area contributed by atoms with Crippen molar-refractivity contribution in [2.24, 2.45) is 0 Å². The van der Waals surface area contributed by atoms with Crippen LogP contribution in [0.3, 0.4) is 0 Å². The summed E-state index contributed by atoms with van der Waals surface area (Å²) >= 11 is 0. The van der Waals surface area contributed by atoms with Crippen molar-refractivity contribution >= 4 is 10.2 Å². The lowest BCUT2D eigenvalue weighted by molar-refractivity contribution is 0.0705. The molecule has 0 amide bonds. The van der Waals surface area contributed by atoms with Crippen molar-refractivity contribution in [3.8, 4) is 12.3 Å². The maximum atomic E-state index is 12.0. The lowest BCUT2D eigenvalue weighted by Crippen LogP contribution is -2.48. The molecule has 0 bridgehead atoms. The van der Waals surface area contributed by atoms with E-state index in [1.165, 1.54) is 8.61 Å². The van der Waals surface area contributed by atoms with Crippen molar-refractivity contribution in [3.05, 3.63) is 0 Å². The Kier molecular flexibility index (Phi) is 4.54. The zero-order valence-electron chi connectivity index (χ0n) is 8.85. The molecule has 0 aromatic carbocycles. The molecule has 0 atom stereocenters. The minimum atomic E-state index is -3.39. The summed E-state index contributed by atoms with van der Waals surface area (Å²) in [5.41, 5.74) is 0. The van der Waals surface area contributed by atoms with Gasteiger partial charge in [0.05, 0.1) is 19.8 Å². The van der Waals surface area contributed by atoms with Gasteiger partial charge in [0.2, 0.25) is 0 Å². The van der Waals surface area contributed by atoms with Crippen molar-refractivity contribution in [2.75, 3.05) is 39.4 Å². The molecular weight excluding hydrogens is 216 g/mol. The Morgan fingerprint density at radius 2 is 2.07 bits per heavy atom. The van der Waals surface area contributed by atoms with E-state index in [9.17, 15) is 8.42 Å². The van der Waals surface area contributed by atoms with Gasteiger partial charge < -0.3 is 4.74 Å². The van der Waals surface area contributed by atoms with Gasteiger partial charge in [-0.2, -0.15) is 17.0 Å². The second kappa shape index (κ2) is 5.47. The van der Waals surface area contributed by atoms with E-state index in [0.717, 1.165) is 0 Å². The van der Waals surface area contributed by atoms with Gasteiger partial charge in [-0.15, -0.1) is 6.42 Å². The van der Waals surface area contributed by atoms with Crippen LogP contribution >= 0.6 is 0 Å². The van der Waals surface area contributed by atoms with Crippen LogP contribution in [0.25, 0.3) is 0 Å². The van der Waals surface area contributed by atoms with Crippen LogP contribution in [-0.4, -0.2) is 56.4 Å². The normalized spacial score (nSPS) is 19.0. The molecule has 1 rings (SSSR count). The van der Waals surface area contributed by atoms with E-state index in [1.54, 1.807) is 6.92 Å². The second-order valence-electron chi connectivity index (χ2n) is 3.15. The molecule has 0 aliphatic carbocycles. The van der Waals surface area contributed by atoms with Crippen LogP contribution in [0.1, 0.15) is 6.92 Å². The van der Waals surface area contributed by atoms with E-state index in [1.807, 2.05) is 0 Å². The number of hydrogen-bond acceptors (Lipinski definition) is 3. The van der Waals surface area contributed by atoms with E-state index in [4.69, 9.17) is 11.2 Å². The van der Waals surface area contributed by atoms with Crippen LogP contribution < -0.4 is 0 Å². The first kappa shape index (κ1) is 12.5. The van der Waals surface area contributed by atoms with Gasteiger partial charge in [0.15, 0.2) is 0 Å². The summed E-state index contributed by atoms with van der Waals surface area (Å²) < 4.78 is 31.8. The molecule has 1 saturated heterocycles. The number of hydrogen-bond donors (Lipinski definition) is 0. The molecule has 1 aliphatic rings. The Morgan fingerprint density at radius 1 is 1.47 bits per heavy atom. The summed E-state index contributed by atoms with van der Waals surface area (Å²) in [7, 11) is -3.39. The van der Waals surface area contributed by atoms with Crippen LogP contribution in [0.5, 0.6) is 0 Å². The van der Waals surface area contributed by atoms with Crippen molar-refractivity contribution in [1.29, 1.82) is 0 Å². The first-order valence-corrected chi connectivity index (χ1v) is 6.29. The fraction of sp³-hybridized carbons (Fsp3) is 0.778. The smallest absolute Gasteiger partial charge is 0.283 e. The predicted octanol–water partition coefficient (Wildman–Crippen LogP) is -0.481. The average molecular weight is 232 g/mol. The van der Waals surface area contributed by atoms with Crippen LogP contribution in [0.15, 0.2) is 0 Å². The molecule has 0 spiro atoms. The van der Waals surface area contributed by atoms with Crippen molar-refractivity contribution in [1.82, 2.24) is 8.61 Å². The maximum Gasteiger partial charge on any atom is 0.283 e. The second-order valence-corrected chi connectivity index (χ2v) is 5.08. The highest BCUT2D eigenvalue weighted by Crippen LogP contribution is 2.09. The number of ether oxygens (including phenoxy) is 1. The monoisotopic (exact) mass is 232 g/mol. The number of rotatable bonds is 4. The van der Waals surface area contributed by atoms with Gasteiger partial charge in [-0.05, 0) is 0 Å². The van der Waals surface area contributed by atoms with Gasteiger partial charge in [-0.3, -0.25) is 0 Å². The van der Waals surface area contributed by atoms with Gasteiger partial charge in [0.25, 0.3) is 10.2 Å². The Morgan fingerprint density at radius 3 is 2.53 bits per heavy atom. The summed E-state index contributed by atoms with van der Waals surface area (Å²) in [5.74, 6) is 2.35. The van der Waals surface area contributed by atoms with E-state index in [-0.39, 0.29) is 6.54 Å². The fourth-order valence-corrected chi connectivity index (χ4v) is 2.90. The summed E-state index contributed by atoms with van der Waals surface area (Å²) in [6.07, 6.45) is 5.13. The van der Waals surface area contributed by atoms with E-state index in [2.05, 4.69) is 5.92 Å². The molecule has 0 unspecified atom stereocenters. The molecule has 1 heterocycles. The average Bonchev–Trinajstić information content (AvgIpc) is 2.27. The maximum absolute atomic E-state index is 12.0. The zero-order valence-corrected chi connectivity index (χ0v) is 9.66. The molecule has 1 aliphatic heterocycles. The van der Waals surface area contributed by atoms with Crippen molar-refractivity contribution < 1.29 is 13.2 Å². The van der Waals surface area contributed by atoms with Crippen molar-refractivity contribution in [2.45, 2.75) is 6.92 Å². The highest BCUT2D eigenvalue weighted by molar-refractivity contribution is 7.86. The molecule has 1 fully saturated rings. The Labute approximate surface area is 91.2 Å². The van der Waals surface area contributed by atoms with Gasteiger partial charge in [0.1, 0.15) is 0 Å². The summed E-state index contributed by atoms with van der Waals surface area (Å²) in [6.45, 7) is 4.00. The third kappa shape index (κ3) is 2.92. The topological polar surface area (TPSA) is 49.9 Å². The Bertz CT molecular complexity index is 328. The van der Waals surface area contributed by atoms with E-state index >= 15 is 0 Å². The predicted molar refractivity (Wildman–Crippen MR) is 57.4 cm³/mol. The zero-order chi connectivity index (χ0) is 11.3. The van der Waals surface area contributed by atoms with Crippen LogP contribution in [-0.2, 0) is 14.9 Å². The quantitative estimate of drug-likeness (QED) is 0.615. The molecule has 15 heavy (non-hydrogen) atoms. The lowest BCUT2D eigenvalue weighted by atomic mass is 10.5.